The van der Waals surface area contributed by atoms with Gasteiger partial charge in [0.05, 0.1) is 11.9 Å². The van der Waals surface area contributed by atoms with Crippen molar-refractivity contribution in [3.63, 3.8) is 0 Å². The zero-order chi connectivity index (χ0) is 20.9. The van der Waals surface area contributed by atoms with Crippen molar-refractivity contribution >= 4 is 40.9 Å². The lowest BCUT2D eigenvalue weighted by Crippen LogP contribution is -2.13. The molecule has 3 aromatic heterocycles. The number of thiophene rings is 1. The van der Waals surface area contributed by atoms with Gasteiger partial charge in [-0.05, 0) is 54.3 Å². The molecular formula is C21H18N3O4PS. The third-order valence-electron chi connectivity index (χ3n) is 5.01. The Labute approximate surface area is 176 Å². The largest absolute Gasteiger partial charge is 0.366 e. The van der Waals surface area contributed by atoms with Gasteiger partial charge in [-0.15, -0.1) is 11.3 Å². The maximum Gasteiger partial charge on any atom is 0.366 e. The van der Waals surface area contributed by atoms with Gasteiger partial charge in [-0.3, -0.25) is 13.8 Å². The predicted molar refractivity (Wildman–Crippen MR) is 117 cm³/mol. The minimum Gasteiger partial charge on any atom is -0.320 e. The van der Waals surface area contributed by atoms with E-state index in [0.29, 0.717) is 5.82 Å². The van der Waals surface area contributed by atoms with Crippen molar-refractivity contribution in [1.29, 1.82) is 0 Å². The molecule has 0 spiro atoms. The summed E-state index contributed by atoms with van der Waals surface area (Å²) >= 11 is 1.09. The van der Waals surface area contributed by atoms with Crippen molar-refractivity contribution in [3.8, 4) is 21.7 Å². The van der Waals surface area contributed by atoms with Gasteiger partial charge in [0, 0.05) is 10.8 Å². The topological polar surface area (TPSA) is 104 Å². The van der Waals surface area contributed by atoms with Crippen molar-refractivity contribution in [3.05, 3.63) is 60.8 Å². The first-order chi connectivity index (χ1) is 14.4. The first kappa shape index (κ1) is 19.2. The molecule has 1 fully saturated rings. The number of hydrogen-bond donors (Lipinski definition) is 3. The van der Waals surface area contributed by atoms with Gasteiger partial charge in [-0.2, -0.15) is 0 Å². The Bertz CT molecular complexity index is 1320. The Morgan fingerprint density at radius 3 is 2.60 bits per heavy atom. The van der Waals surface area contributed by atoms with Crippen molar-refractivity contribution in [2.45, 2.75) is 12.8 Å². The molecule has 152 valence electrons. The van der Waals surface area contributed by atoms with Gasteiger partial charge < -0.3 is 15.1 Å². The lowest BCUT2D eigenvalue weighted by molar-refractivity contribution is -0.117. The number of hydrogen-bond acceptors (Lipinski definition) is 4. The monoisotopic (exact) mass is 439 g/mol. The number of nitrogens with one attached hydrogen (secondary N) is 1. The second kappa shape index (κ2) is 7.18. The van der Waals surface area contributed by atoms with E-state index >= 15 is 0 Å². The minimum atomic E-state index is -4.26. The molecule has 1 saturated carbocycles. The molecule has 1 aromatic carbocycles. The molecule has 3 heterocycles. The van der Waals surface area contributed by atoms with Gasteiger partial charge in [0.2, 0.25) is 5.91 Å². The van der Waals surface area contributed by atoms with Crippen LogP contribution in [0.4, 0.5) is 5.82 Å². The molecule has 5 rings (SSSR count). The number of pyridine rings is 1. The minimum absolute atomic E-state index is 0.0144. The number of rotatable bonds is 5. The normalized spacial score (nSPS) is 14.2. The molecule has 7 nitrogen and oxygen atoms in total. The van der Waals surface area contributed by atoms with Crippen LogP contribution >= 0.6 is 18.9 Å². The number of nitrogens with zero attached hydrogens (tertiary/aromatic N) is 2. The van der Waals surface area contributed by atoms with Crippen LogP contribution < -0.4 is 9.94 Å². The summed E-state index contributed by atoms with van der Waals surface area (Å²) in [4.78, 5) is 36.1. The van der Waals surface area contributed by atoms with E-state index in [4.69, 9.17) is 0 Å². The van der Waals surface area contributed by atoms with Crippen molar-refractivity contribution < 1.29 is 19.1 Å². The fraction of sp³-hybridized carbons (Fsp3) is 0.143. The van der Waals surface area contributed by atoms with E-state index in [-0.39, 0.29) is 16.4 Å². The molecule has 0 atom stereocenters. The van der Waals surface area contributed by atoms with Gasteiger partial charge in [0.1, 0.15) is 10.3 Å². The number of fused-ring (bicyclic) bond motifs is 1. The van der Waals surface area contributed by atoms with Crippen molar-refractivity contribution in [2.75, 3.05) is 5.32 Å². The number of amides is 1. The maximum absolute atomic E-state index is 12.1. The van der Waals surface area contributed by atoms with Crippen LogP contribution in [0.25, 0.3) is 27.3 Å². The summed E-state index contributed by atoms with van der Waals surface area (Å²) in [5.74, 6) is 0.648. The average molecular weight is 439 g/mol. The molecule has 0 radical (unpaired) electrons. The lowest BCUT2D eigenvalue weighted by atomic mass is 10.1. The van der Waals surface area contributed by atoms with Crippen LogP contribution in [-0.4, -0.2) is 25.1 Å². The van der Waals surface area contributed by atoms with E-state index in [1.807, 2.05) is 53.1 Å². The highest BCUT2D eigenvalue weighted by atomic mass is 32.1. The fourth-order valence-corrected chi connectivity index (χ4v) is 5.13. The van der Waals surface area contributed by atoms with Gasteiger partial charge in [-0.25, -0.2) is 4.98 Å². The third-order valence-corrected chi connectivity index (χ3v) is 7.66. The molecule has 0 unspecified atom stereocenters. The summed E-state index contributed by atoms with van der Waals surface area (Å²) in [5, 5.41) is 2.88. The Morgan fingerprint density at radius 2 is 1.87 bits per heavy atom. The van der Waals surface area contributed by atoms with Crippen molar-refractivity contribution in [2.24, 2.45) is 5.92 Å². The summed E-state index contributed by atoms with van der Waals surface area (Å²) in [7, 11) is -4.26. The molecule has 0 saturated heterocycles. The van der Waals surface area contributed by atoms with Crippen LogP contribution in [0.5, 0.6) is 0 Å². The van der Waals surface area contributed by atoms with Gasteiger partial charge in [-0.1, -0.05) is 24.3 Å². The SMILES string of the molecule is O=C(Nc1cn2c(-c3cccc(-c4ccc(P(=O)(O)O)s4)c3)cccc2n1)C1CC1. The van der Waals surface area contributed by atoms with Crippen LogP contribution in [0.15, 0.2) is 60.8 Å². The van der Waals surface area contributed by atoms with Crippen LogP contribution in [0.3, 0.4) is 0 Å². The van der Waals surface area contributed by atoms with Crippen LogP contribution in [0, 0.1) is 5.92 Å². The molecule has 1 aliphatic rings. The molecular weight excluding hydrogens is 421 g/mol. The zero-order valence-electron chi connectivity index (χ0n) is 15.7. The van der Waals surface area contributed by atoms with E-state index in [2.05, 4.69) is 10.3 Å². The second-order valence-electron chi connectivity index (χ2n) is 7.29. The highest BCUT2D eigenvalue weighted by molar-refractivity contribution is 7.67. The number of anilines is 1. The number of aromatic nitrogens is 2. The van der Waals surface area contributed by atoms with Crippen LogP contribution in [-0.2, 0) is 9.36 Å². The number of benzene rings is 1. The zero-order valence-corrected chi connectivity index (χ0v) is 17.4. The second-order valence-corrected chi connectivity index (χ2v) is 10.2. The lowest BCUT2D eigenvalue weighted by Gasteiger charge is -2.07. The van der Waals surface area contributed by atoms with Gasteiger partial charge >= 0.3 is 7.60 Å². The predicted octanol–water partition coefficient (Wildman–Crippen LogP) is 3.88. The highest BCUT2D eigenvalue weighted by Gasteiger charge is 2.30. The first-order valence-corrected chi connectivity index (χ1v) is 11.9. The van der Waals surface area contributed by atoms with E-state index in [0.717, 1.165) is 51.5 Å². The van der Waals surface area contributed by atoms with Gasteiger partial charge in [0.15, 0.2) is 5.82 Å². The molecule has 0 bridgehead atoms. The Kier molecular flexibility index (Phi) is 4.60. The molecule has 30 heavy (non-hydrogen) atoms. The highest BCUT2D eigenvalue weighted by Crippen LogP contribution is 2.39. The van der Waals surface area contributed by atoms with Gasteiger partial charge in [0.25, 0.3) is 0 Å². The maximum atomic E-state index is 12.1. The van der Waals surface area contributed by atoms with Crippen LogP contribution in [0.2, 0.25) is 0 Å². The summed E-state index contributed by atoms with van der Waals surface area (Å²) in [5.41, 5.74) is 3.43. The number of carbonyl (C=O) groups is 1. The van der Waals surface area contributed by atoms with E-state index in [1.54, 1.807) is 6.07 Å². The fourth-order valence-electron chi connectivity index (χ4n) is 3.35. The smallest absolute Gasteiger partial charge is 0.320 e. The summed E-state index contributed by atoms with van der Waals surface area (Å²) in [6, 6.07) is 16.7. The number of carbonyl (C=O) groups excluding carboxylic acids is 1. The van der Waals surface area contributed by atoms with E-state index in [9.17, 15) is 19.1 Å². The summed E-state index contributed by atoms with van der Waals surface area (Å²) in [6.07, 6.45) is 3.68. The van der Waals surface area contributed by atoms with E-state index in [1.165, 1.54) is 6.07 Å². The van der Waals surface area contributed by atoms with Crippen molar-refractivity contribution in [1.82, 2.24) is 9.38 Å². The molecule has 3 N–H and O–H groups in total. The quantitative estimate of drug-likeness (QED) is 0.410. The summed E-state index contributed by atoms with van der Waals surface area (Å²) < 4.78 is 13.5. The Balaban J connectivity index is 1.51. The molecule has 4 aromatic rings. The Morgan fingerprint density at radius 1 is 1.10 bits per heavy atom. The van der Waals surface area contributed by atoms with Crippen LogP contribution in [0.1, 0.15) is 12.8 Å². The summed E-state index contributed by atoms with van der Waals surface area (Å²) in [6.45, 7) is 0. The Hall–Kier alpha value is -2.77. The molecule has 1 aliphatic carbocycles. The molecule has 0 aliphatic heterocycles. The molecule has 9 heteroatoms. The third kappa shape index (κ3) is 3.70. The standard InChI is InChI=1S/C21H18N3O4PS/c25-21(13-7-8-13)23-18-12-24-16(5-2-6-19(24)22-18)14-3-1-4-15(11-14)17-9-10-20(30-17)29(26,27)28/h1-6,9-13H,7-8H2,(H,23,25)(H2,26,27,28). The first-order valence-electron chi connectivity index (χ1n) is 9.44. The number of imidazole rings is 1. The molecule has 1 amide bonds. The van der Waals surface area contributed by atoms with E-state index < -0.39 is 7.60 Å². The average Bonchev–Trinajstić information content (AvgIpc) is 3.29.